The summed E-state index contributed by atoms with van der Waals surface area (Å²) in [5.41, 5.74) is 0.632. The fourth-order valence-corrected chi connectivity index (χ4v) is 3.81. The van der Waals surface area contributed by atoms with Crippen LogP contribution in [-0.2, 0) is 26.3 Å². The molecule has 0 aromatic heterocycles. The number of urea groups is 1. The van der Waals surface area contributed by atoms with Gasteiger partial charge in [-0.25, -0.2) is 9.59 Å². The minimum atomic E-state index is -1.14. The average Bonchev–Trinajstić information content (AvgIpc) is 3.08. The van der Waals surface area contributed by atoms with Crippen molar-refractivity contribution in [2.75, 3.05) is 6.54 Å². The van der Waals surface area contributed by atoms with Gasteiger partial charge in [-0.05, 0) is 36.3 Å². The summed E-state index contributed by atoms with van der Waals surface area (Å²) in [6.07, 6.45) is 1.37. The van der Waals surface area contributed by atoms with Gasteiger partial charge in [0.2, 0.25) is 5.91 Å². The van der Waals surface area contributed by atoms with Crippen molar-refractivity contribution in [1.82, 2.24) is 15.5 Å². The van der Waals surface area contributed by atoms with E-state index < -0.39 is 41.9 Å². The smallest absolute Gasteiger partial charge is 0.326 e. The van der Waals surface area contributed by atoms with Crippen molar-refractivity contribution in [2.24, 2.45) is 5.92 Å². The molecule has 27 heavy (non-hydrogen) atoms. The number of carboxylic acids is 1. The van der Waals surface area contributed by atoms with Crippen molar-refractivity contribution < 1.29 is 24.3 Å². The fourth-order valence-electron chi connectivity index (χ4n) is 3.81. The van der Waals surface area contributed by atoms with Gasteiger partial charge in [0.05, 0.1) is 0 Å². The van der Waals surface area contributed by atoms with Gasteiger partial charge in [0.15, 0.2) is 0 Å². The van der Waals surface area contributed by atoms with E-state index in [9.17, 15) is 24.3 Å². The van der Waals surface area contributed by atoms with Gasteiger partial charge in [0, 0.05) is 0 Å². The molecule has 0 bridgehead atoms. The number of carbonyl (C=O) groups is 4. The molecule has 0 saturated carbocycles. The number of aryl methyl sites for hydroxylation is 1. The molecule has 1 aromatic rings. The van der Waals surface area contributed by atoms with Crippen molar-refractivity contribution in [3.8, 4) is 0 Å². The van der Waals surface area contributed by atoms with Gasteiger partial charge >= 0.3 is 12.0 Å². The lowest BCUT2D eigenvalue weighted by Crippen LogP contribution is -2.48. The summed E-state index contributed by atoms with van der Waals surface area (Å²) in [5, 5.41) is 14.4. The monoisotopic (exact) mass is 373 g/mol. The number of aliphatic carboxylic acids is 1. The Morgan fingerprint density at radius 1 is 1.30 bits per heavy atom. The molecule has 1 spiro atoms. The predicted octanol–water partition coefficient (Wildman–Crippen LogP) is 0.995. The number of nitrogens with one attached hydrogen (secondary N) is 2. The van der Waals surface area contributed by atoms with Gasteiger partial charge in [-0.15, -0.1) is 0 Å². The Morgan fingerprint density at radius 3 is 2.67 bits per heavy atom. The molecule has 1 fully saturated rings. The molecular weight excluding hydrogens is 350 g/mol. The van der Waals surface area contributed by atoms with Crippen molar-refractivity contribution in [2.45, 2.75) is 44.7 Å². The molecule has 2 atom stereocenters. The maximum absolute atomic E-state index is 13.0. The third-order valence-electron chi connectivity index (χ3n) is 5.06. The van der Waals surface area contributed by atoms with Crippen LogP contribution in [0.3, 0.4) is 0 Å². The Balaban J connectivity index is 1.73. The number of rotatable bonds is 6. The summed E-state index contributed by atoms with van der Waals surface area (Å²) in [7, 11) is 0. The number of carbonyl (C=O) groups excluding carboxylic acids is 3. The molecule has 1 saturated heterocycles. The number of nitrogens with zero attached hydrogens (tertiary/aromatic N) is 1. The molecule has 0 radical (unpaired) electrons. The van der Waals surface area contributed by atoms with Crippen LogP contribution in [0.4, 0.5) is 4.79 Å². The Labute approximate surface area is 156 Å². The number of hydrogen-bond donors (Lipinski definition) is 3. The van der Waals surface area contributed by atoms with E-state index in [2.05, 4.69) is 10.6 Å². The molecule has 8 nitrogen and oxygen atoms in total. The minimum absolute atomic E-state index is 0.0707. The first kappa shape index (κ1) is 18.9. The summed E-state index contributed by atoms with van der Waals surface area (Å²) < 4.78 is 0. The van der Waals surface area contributed by atoms with E-state index in [0.29, 0.717) is 12.8 Å². The molecule has 2 aliphatic rings. The normalized spacial score (nSPS) is 22.1. The van der Waals surface area contributed by atoms with Gasteiger partial charge in [0.25, 0.3) is 5.91 Å². The molecule has 3 N–H and O–H groups in total. The first-order chi connectivity index (χ1) is 12.7. The molecule has 3 rings (SSSR count). The standard InChI is InChI=1S/C19H23N3O5/c1-11(2)9-14(16(24)25)20-15(23)10-22-17(26)19(21-18(22)27)8-7-12-5-3-4-6-13(12)19/h3-6,11,14H,7-10H2,1-2H3,(H,20,23)(H,21,27)(H,24,25). The Morgan fingerprint density at radius 2 is 2.00 bits per heavy atom. The van der Waals surface area contributed by atoms with Crippen LogP contribution in [0.25, 0.3) is 0 Å². The average molecular weight is 373 g/mol. The highest BCUT2D eigenvalue weighted by Crippen LogP contribution is 2.41. The quantitative estimate of drug-likeness (QED) is 0.643. The first-order valence-electron chi connectivity index (χ1n) is 8.99. The second-order valence-corrected chi connectivity index (χ2v) is 7.47. The van der Waals surface area contributed by atoms with E-state index in [1.165, 1.54) is 0 Å². The Hall–Kier alpha value is -2.90. The number of amides is 4. The van der Waals surface area contributed by atoms with Gasteiger partial charge in [-0.2, -0.15) is 0 Å². The number of carboxylic acid groups (broad SMARTS) is 1. The molecule has 1 aromatic carbocycles. The third kappa shape index (κ3) is 3.39. The van der Waals surface area contributed by atoms with Crippen LogP contribution in [0, 0.1) is 5.92 Å². The Bertz CT molecular complexity index is 806. The second kappa shape index (κ2) is 7.02. The van der Waals surface area contributed by atoms with Crippen molar-refractivity contribution in [1.29, 1.82) is 0 Å². The SMILES string of the molecule is CC(C)CC(NC(=O)CN1C(=O)NC2(CCc3ccccc32)C1=O)C(=O)O. The summed E-state index contributed by atoms with van der Waals surface area (Å²) in [5.74, 6) is -2.21. The van der Waals surface area contributed by atoms with E-state index in [-0.39, 0.29) is 12.3 Å². The van der Waals surface area contributed by atoms with Crippen LogP contribution < -0.4 is 10.6 Å². The van der Waals surface area contributed by atoms with Crippen LogP contribution in [0.1, 0.15) is 37.8 Å². The zero-order valence-corrected chi connectivity index (χ0v) is 15.3. The number of benzene rings is 1. The number of fused-ring (bicyclic) bond motifs is 2. The summed E-state index contributed by atoms with van der Waals surface area (Å²) in [6.45, 7) is 3.19. The van der Waals surface area contributed by atoms with E-state index >= 15 is 0 Å². The van der Waals surface area contributed by atoms with E-state index in [0.717, 1.165) is 16.0 Å². The van der Waals surface area contributed by atoms with Gasteiger partial charge in [0.1, 0.15) is 18.1 Å². The highest BCUT2D eigenvalue weighted by atomic mass is 16.4. The lowest BCUT2D eigenvalue weighted by Gasteiger charge is -2.22. The van der Waals surface area contributed by atoms with Crippen LogP contribution in [0.15, 0.2) is 24.3 Å². The van der Waals surface area contributed by atoms with E-state index in [1.54, 1.807) is 0 Å². The lowest BCUT2D eigenvalue weighted by molar-refractivity contribution is -0.142. The second-order valence-electron chi connectivity index (χ2n) is 7.47. The van der Waals surface area contributed by atoms with Crippen LogP contribution in [0.2, 0.25) is 0 Å². The lowest BCUT2D eigenvalue weighted by atomic mass is 9.92. The van der Waals surface area contributed by atoms with Crippen LogP contribution in [-0.4, -0.2) is 46.4 Å². The van der Waals surface area contributed by atoms with Crippen molar-refractivity contribution >= 4 is 23.8 Å². The molecule has 1 heterocycles. The minimum Gasteiger partial charge on any atom is -0.480 e. The van der Waals surface area contributed by atoms with E-state index in [1.807, 2.05) is 38.1 Å². The van der Waals surface area contributed by atoms with E-state index in [4.69, 9.17) is 0 Å². The summed E-state index contributed by atoms with van der Waals surface area (Å²) in [4.78, 5) is 49.8. The summed E-state index contributed by atoms with van der Waals surface area (Å²) >= 11 is 0. The van der Waals surface area contributed by atoms with Crippen molar-refractivity contribution in [3.05, 3.63) is 35.4 Å². The maximum atomic E-state index is 13.0. The Kier molecular flexibility index (Phi) is 4.91. The van der Waals surface area contributed by atoms with Crippen molar-refractivity contribution in [3.63, 3.8) is 0 Å². The molecular formula is C19H23N3O5. The molecule has 144 valence electrons. The zero-order valence-electron chi connectivity index (χ0n) is 15.3. The molecule has 1 aliphatic carbocycles. The highest BCUT2D eigenvalue weighted by molar-refractivity contribution is 6.10. The third-order valence-corrected chi connectivity index (χ3v) is 5.06. The van der Waals surface area contributed by atoms with Gasteiger partial charge in [-0.1, -0.05) is 38.1 Å². The first-order valence-corrected chi connectivity index (χ1v) is 8.99. The summed E-state index contributed by atoms with van der Waals surface area (Å²) in [6, 6.07) is 5.73. The molecule has 8 heteroatoms. The largest absolute Gasteiger partial charge is 0.480 e. The fraction of sp³-hybridized carbons (Fsp3) is 0.474. The number of hydrogen-bond acceptors (Lipinski definition) is 4. The molecule has 4 amide bonds. The predicted molar refractivity (Wildman–Crippen MR) is 95.7 cm³/mol. The maximum Gasteiger partial charge on any atom is 0.326 e. The van der Waals surface area contributed by atoms with Crippen LogP contribution >= 0.6 is 0 Å². The topological polar surface area (TPSA) is 116 Å². The molecule has 2 unspecified atom stereocenters. The highest BCUT2D eigenvalue weighted by Gasteiger charge is 2.55. The number of imide groups is 1. The zero-order chi connectivity index (χ0) is 19.8. The van der Waals surface area contributed by atoms with Crippen LogP contribution in [0.5, 0.6) is 0 Å². The van der Waals surface area contributed by atoms with Gasteiger partial charge in [-0.3, -0.25) is 14.5 Å². The molecule has 1 aliphatic heterocycles. The van der Waals surface area contributed by atoms with Gasteiger partial charge < -0.3 is 15.7 Å².